The summed E-state index contributed by atoms with van der Waals surface area (Å²) < 4.78 is 24.2. The number of rotatable bonds is 8. The van der Waals surface area contributed by atoms with Crippen LogP contribution in [0.1, 0.15) is 75.8 Å². The van der Waals surface area contributed by atoms with E-state index in [0.717, 1.165) is 60.1 Å². The summed E-state index contributed by atoms with van der Waals surface area (Å²) in [5.74, 6) is 0.918. The number of ether oxygens (including phenoxy) is 1. The molecule has 166 valence electrons. The Morgan fingerprint density at radius 3 is 2.55 bits per heavy atom. The zero-order chi connectivity index (χ0) is 21.8. The van der Waals surface area contributed by atoms with Gasteiger partial charge in [-0.05, 0) is 91.3 Å². The molecule has 2 aromatic rings. The third-order valence-corrected chi connectivity index (χ3v) is 7.09. The van der Waals surface area contributed by atoms with Gasteiger partial charge in [0, 0.05) is 10.8 Å². The number of carbonyl (C=O) groups is 1. The first-order chi connectivity index (χ1) is 15.0. The van der Waals surface area contributed by atoms with Crippen LogP contribution in [0.5, 0.6) is 5.75 Å². The standard InChI is InChI=1S/C26H32FNO2S/c1-17(2)31-28-25(29)16-18-13-14-24(30-20-9-3-4-10-20)22(15-18)21-11-6-12-23(27)26(21)19-7-5-8-19/h6,11-15,17,19-20H,3-5,7-10,16H2,1-2H3,(H,28,29). The number of carbonyl (C=O) groups excluding carboxylic acids is 1. The van der Waals surface area contributed by atoms with Crippen LogP contribution < -0.4 is 9.46 Å². The van der Waals surface area contributed by atoms with Crippen molar-refractivity contribution >= 4 is 17.9 Å². The van der Waals surface area contributed by atoms with Gasteiger partial charge in [0.15, 0.2) is 0 Å². The molecule has 0 unspecified atom stereocenters. The van der Waals surface area contributed by atoms with Crippen molar-refractivity contribution in [2.45, 2.75) is 82.5 Å². The number of benzene rings is 2. The van der Waals surface area contributed by atoms with Gasteiger partial charge in [0.05, 0.1) is 12.5 Å². The van der Waals surface area contributed by atoms with Gasteiger partial charge in [-0.25, -0.2) is 4.39 Å². The van der Waals surface area contributed by atoms with Crippen LogP contribution in [0.2, 0.25) is 0 Å². The molecule has 0 radical (unpaired) electrons. The fraction of sp³-hybridized carbons (Fsp3) is 0.500. The minimum absolute atomic E-state index is 0.0208. The van der Waals surface area contributed by atoms with Gasteiger partial charge in [-0.3, -0.25) is 9.52 Å². The lowest BCUT2D eigenvalue weighted by molar-refractivity contribution is -0.118. The van der Waals surface area contributed by atoms with E-state index < -0.39 is 0 Å². The number of hydrogen-bond acceptors (Lipinski definition) is 3. The third kappa shape index (κ3) is 5.43. The maximum Gasteiger partial charge on any atom is 0.234 e. The van der Waals surface area contributed by atoms with Gasteiger partial charge >= 0.3 is 0 Å². The summed E-state index contributed by atoms with van der Waals surface area (Å²) in [6.07, 6.45) is 8.24. The summed E-state index contributed by atoms with van der Waals surface area (Å²) >= 11 is 1.43. The fourth-order valence-electron chi connectivity index (χ4n) is 4.47. The predicted molar refractivity (Wildman–Crippen MR) is 126 cm³/mol. The molecule has 0 saturated heterocycles. The Morgan fingerprint density at radius 1 is 1.10 bits per heavy atom. The van der Waals surface area contributed by atoms with Gasteiger partial charge in [0.25, 0.3) is 0 Å². The second-order valence-electron chi connectivity index (χ2n) is 9.05. The van der Waals surface area contributed by atoms with Crippen LogP contribution in [-0.2, 0) is 11.2 Å². The minimum Gasteiger partial charge on any atom is -0.490 e. The Morgan fingerprint density at radius 2 is 1.87 bits per heavy atom. The van der Waals surface area contributed by atoms with Crippen LogP contribution in [0.15, 0.2) is 36.4 Å². The molecule has 0 bridgehead atoms. The van der Waals surface area contributed by atoms with E-state index in [1.165, 1.54) is 24.8 Å². The van der Waals surface area contributed by atoms with Crippen molar-refractivity contribution in [3.8, 4) is 16.9 Å². The zero-order valence-electron chi connectivity index (χ0n) is 18.5. The summed E-state index contributed by atoms with van der Waals surface area (Å²) in [6, 6.07) is 11.3. The Labute approximate surface area is 189 Å². The van der Waals surface area contributed by atoms with E-state index >= 15 is 0 Å². The van der Waals surface area contributed by atoms with Crippen molar-refractivity contribution in [2.24, 2.45) is 0 Å². The summed E-state index contributed by atoms with van der Waals surface area (Å²) in [5.41, 5.74) is 3.55. The van der Waals surface area contributed by atoms with Crippen LogP contribution in [-0.4, -0.2) is 17.3 Å². The normalized spacial score (nSPS) is 17.0. The topological polar surface area (TPSA) is 38.3 Å². The predicted octanol–water partition coefficient (Wildman–Crippen LogP) is 6.80. The Balaban J connectivity index is 1.68. The van der Waals surface area contributed by atoms with Gasteiger partial charge < -0.3 is 4.74 Å². The highest BCUT2D eigenvalue weighted by molar-refractivity contribution is 7.98. The van der Waals surface area contributed by atoms with Crippen LogP contribution in [0.4, 0.5) is 4.39 Å². The van der Waals surface area contributed by atoms with E-state index in [9.17, 15) is 9.18 Å². The largest absolute Gasteiger partial charge is 0.490 e. The molecule has 1 N–H and O–H groups in total. The molecule has 2 saturated carbocycles. The van der Waals surface area contributed by atoms with Crippen LogP contribution in [0.25, 0.3) is 11.1 Å². The molecule has 2 aliphatic rings. The molecule has 4 rings (SSSR count). The molecule has 0 atom stereocenters. The molecule has 2 fully saturated rings. The first kappa shape index (κ1) is 22.2. The van der Waals surface area contributed by atoms with Crippen molar-refractivity contribution in [3.05, 3.63) is 53.3 Å². The van der Waals surface area contributed by atoms with Gasteiger partial charge in [-0.15, -0.1) is 0 Å². The van der Waals surface area contributed by atoms with Crippen LogP contribution in [0, 0.1) is 5.82 Å². The minimum atomic E-state index is -0.134. The van der Waals surface area contributed by atoms with Crippen molar-refractivity contribution in [1.29, 1.82) is 0 Å². The average Bonchev–Trinajstić information content (AvgIpc) is 3.21. The number of nitrogens with one attached hydrogen (secondary N) is 1. The average molecular weight is 442 g/mol. The maximum atomic E-state index is 14.9. The molecule has 31 heavy (non-hydrogen) atoms. The van der Waals surface area contributed by atoms with Crippen molar-refractivity contribution in [1.82, 2.24) is 4.72 Å². The van der Waals surface area contributed by atoms with Crippen LogP contribution >= 0.6 is 11.9 Å². The molecule has 2 aromatic carbocycles. The van der Waals surface area contributed by atoms with Gasteiger partial charge in [-0.2, -0.15) is 0 Å². The Hall–Kier alpha value is -2.01. The highest BCUT2D eigenvalue weighted by Crippen LogP contribution is 2.45. The second kappa shape index (κ2) is 10.1. The van der Waals surface area contributed by atoms with E-state index in [1.807, 2.05) is 38.1 Å². The lowest BCUT2D eigenvalue weighted by Crippen LogP contribution is -2.20. The van der Waals surface area contributed by atoms with E-state index in [4.69, 9.17) is 4.74 Å². The molecular formula is C26H32FNO2S. The molecule has 0 heterocycles. The SMILES string of the molecule is CC(C)SNC(=O)Cc1ccc(OC2CCCC2)c(-c2cccc(F)c2C2CCC2)c1. The summed E-state index contributed by atoms with van der Waals surface area (Å²) in [6.45, 7) is 4.09. The smallest absolute Gasteiger partial charge is 0.234 e. The van der Waals surface area contributed by atoms with E-state index in [1.54, 1.807) is 12.1 Å². The molecule has 5 heteroatoms. The number of halogens is 1. The monoisotopic (exact) mass is 441 g/mol. The summed E-state index contributed by atoms with van der Waals surface area (Å²) in [4.78, 5) is 12.4. The highest BCUT2D eigenvalue weighted by Gasteiger charge is 2.27. The van der Waals surface area contributed by atoms with Gasteiger partial charge in [-0.1, -0.05) is 38.5 Å². The molecule has 0 aromatic heterocycles. The lowest BCUT2D eigenvalue weighted by Gasteiger charge is -2.29. The first-order valence-corrected chi connectivity index (χ1v) is 12.4. The summed E-state index contributed by atoms with van der Waals surface area (Å²) in [7, 11) is 0. The molecule has 0 spiro atoms. The molecule has 1 amide bonds. The molecule has 0 aliphatic heterocycles. The number of amides is 1. The van der Waals surface area contributed by atoms with E-state index in [-0.39, 0.29) is 23.7 Å². The van der Waals surface area contributed by atoms with Crippen molar-refractivity contribution in [2.75, 3.05) is 0 Å². The fourth-order valence-corrected chi connectivity index (χ4v) is 4.91. The Bertz CT molecular complexity index is 920. The molecule has 3 nitrogen and oxygen atoms in total. The number of hydrogen-bond donors (Lipinski definition) is 1. The van der Waals surface area contributed by atoms with Crippen molar-refractivity contribution in [3.63, 3.8) is 0 Å². The van der Waals surface area contributed by atoms with Gasteiger partial charge in [0.2, 0.25) is 5.91 Å². The summed E-state index contributed by atoms with van der Waals surface area (Å²) in [5, 5.41) is 0.332. The third-order valence-electron chi connectivity index (χ3n) is 6.27. The Kier molecular flexibility index (Phi) is 7.21. The van der Waals surface area contributed by atoms with E-state index in [0.29, 0.717) is 11.7 Å². The first-order valence-electron chi connectivity index (χ1n) is 11.5. The quantitative estimate of drug-likeness (QED) is 0.458. The zero-order valence-corrected chi connectivity index (χ0v) is 19.3. The van der Waals surface area contributed by atoms with Crippen molar-refractivity contribution < 1.29 is 13.9 Å². The van der Waals surface area contributed by atoms with Gasteiger partial charge in [0.1, 0.15) is 11.6 Å². The lowest BCUT2D eigenvalue weighted by atomic mass is 9.76. The maximum absolute atomic E-state index is 14.9. The molecular weight excluding hydrogens is 409 g/mol. The van der Waals surface area contributed by atoms with E-state index in [2.05, 4.69) is 4.72 Å². The second-order valence-corrected chi connectivity index (χ2v) is 10.4. The van der Waals surface area contributed by atoms with Crippen LogP contribution in [0.3, 0.4) is 0 Å². The highest BCUT2D eigenvalue weighted by atomic mass is 32.2. The molecule has 2 aliphatic carbocycles.